The van der Waals surface area contributed by atoms with Crippen molar-refractivity contribution in [2.24, 2.45) is 0 Å². The van der Waals surface area contributed by atoms with Crippen molar-refractivity contribution < 1.29 is 9.00 Å². The van der Waals surface area contributed by atoms with E-state index in [2.05, 4.69) is 5.32 Å². The summed E-state index contributed by atoms with van der Waals surface area (Å²) < 4.78 is 11.4. The van der Waals surface area contributed by atoms with Gasteiger partial charge in [0.1, 0.15) is 0 Å². The van der Waals surface area contributed by atoms with E-state index in [1.54, 1.807) is 4.90 Å². The van der Waals surface area contributed by atoms with E-state index in [9.17, 15) is 9.00 Å². The van der Waals surface area contributed by atoms with E-state index in [4.69, 9.17) is 0 Å². The average Bonchev–Trinajstić information content (AvgIpc) is 2.78. The van der Waals surface area contributed by atoms with E-state index in [1.165, 1.54) is 0 Å². The van der Waals surface area contributed by atoms with Crippen molar-refractivity contribution in [1.82, 2.24) is 10.2 Å². The number of amides is 1. The van der Waals surface area contributed by atoms with Gasteiger partial charge in [0, 0.05) is 28.9 Å². The van der Waals surface area contributed by atoms with Crippen LogP contribution >= 0.6 is 0 Å². The van der Waals surface area contributed by atoms with Crippen LogP contribution in [0.3, 0.4) is 0 Å². The number of hydrogen-bond acceptors (Lipinski definition) is 3. The molecule has 0 bridgehead atoms. The molecular weight excluding hydrogens is 260 g/mol. The molecule has 0 spiro atoms. The molecule has 0 aromatic heterocycles. The minimum Gasteiger partial charge on any atom is -0.328 e. The Labute approximate surface area is 116 Å². The van der Waals surface area contributed by atoms with Crippen LogP contribution in [0.15, 0.2) is 30.3 Å². The summed E-state index contributed by atoms with van der Waals surface area (Å²) >= 11 is 0. The van der Waals surface area contributed by atoms with Crippen molar-refractivity contribution in [2.45, 2.75) is 19.4 Å². The number of carbonyl (C=O) groups excluding carboxylic acids is 1. The highest BCUT2D eigenvalue weighted by atomic mass is 32.2. The topological polar surface area (TPSA) is 49.4 Å². The van der Waals surface area contributed by atoms with Gasteiger partial charge in [0.2, 0.25) is 5.91 Å². The predicted octanol–water partition coefficient (Wildman–Crippen LogP) is 0.756. The number of hydrogen-bond donors (Lipinski definition) is 1. The molecule has 4 nitrogen and oxygen atoms in total. The second kappa shape index (κ2) is 6.82. The fourth-order valence-corrected chi connectivity index (χ4v) is 2.87. The van der Waals surface area contributed by atoms with Gasteiger partial charge in [-0.3, -0.25) is 14.3 Å². The Kier molecular flexibility index (Phi) is 5.10. The lowest BCUT2D eigenvalue weighted by molar-refractivity contribution is -0.128. The smallest absolute Gasteiger partial charge is 0.241 e. The highest BCUT2D eigenvalue weighted by molar-refractivity contribution is 7.84. The van der Waals surface area contributed by atoms with Crippen LogP contribution < -0.4 is 5.32 Å². The summed E-state index contributed by atoms with van der Waals surface area (Å²) in [5.74, 6) is 1.35. The highest BCUT2D eigenvalue weighted by Gasteiger charge is 2.30. The first-order chi connectivity index (χ1) is 9.20. The third-order valence-electron chi connectivity index (χ3n) is 3.33. The van der Waals surface area contributed by atoms with Crippen LogP contribution in [0, 0.1) is 0 Å². The van der Waals surface area contributed by atoms with Crippen molar-refractivity contribution in [1.29, 1.82) is 0 Å². The molecular formula is C14H20N2O2S. The standard InChI is InChI=1S/C14H20N2O2S/c1-2-19(18)9-8-16-11-15-13(14(16)17)10-12-6-4-3-5-7-12/h3-7,13,15H,2,8-11H2,1H3. The monoisotopic (exact) mass is 280 g/mol. The second-order valence-corrected chi connectivity index (χ2v) is 6.50. The molecule has 1 aromatic carbocycles. The van der Waals surface area contributed by atoms with E-state index in [1.807, 2.05) is 37.3 Å². The van der Waals surface area contributed by atoms with Gasteiger partial charge in [0.25, 0.3) is 0 Å². The molecule has 2 rings (SSSR count). The third kappa shape index (κ3) is 3.88. The molecule has 2 atom stereocenters. The normalized spacial score (nSPS) is 20.8. The van der Waals surface area contributed by atoms with Crippen LogP contribution in [0.5, 0.6) is 0 Å². The number of benzene rings is 1. The number of nitrogens with one attached hydrogen (secondary N) is 1. The Morgan fingerprint density at radius 3 is 2.79 bits per heavy atom. The third-order valence-corrected chi connectivity index (χ3v) is 4.61. The van der Waals surface area contributed by atoms with Crippen molar-refractivity contribution in [3.63, 3.8) is 0 Å². The number of nitrogens with zero attached hydrogens (tertiary/aromatic N) is 1. The Bertz CT molecular complexity index is 450. The molecule has 1 saturated heterocycles. The lowest BCUT2D eigenvalue weighted by Gasteiger charge is -2.14. The maximum Gasteiger partial charge on any atom is 0.241 e. The fourth-order valence-electron chi connectivity index (χ4n) is 2.16. The first kappa shape index (κ1) is 14.2. The molecule has 104 valence electrons. The molecule has 1 aliphatic heterocycles. The summed E-state index contributed by atoms with van der Waals surface area (Å²) in [5, 5.41) is 3.22. The van der Waals surface area contributed by atoms with Crippen LogP contribution in [-0.2, 0) is 22.0 Å². The second-order valence-electron chi connectivity index (χ2n) is 4.64. The summed E-state index contributed by atoms with van der Waals surface area (Å²) in [5.41, 5.74) is 1.16. The first-order valence-corrected chi connectivity index (χ1v) is 8.10. The molecule has 1 amide bonds. The molecule has 2 unspecified atom stereocenters. The van der Waals surface area contributed by atoms with Gasteiger partial charge in [-0.05, 0) is 12.0 Å². The van der Waals surface area contributed by atoms with Gasteiger partial charge in [-0.25, -0.2) is 0 Å². The summed E-state index contributed by atoms with van der Waals surface area (Å²) in [4.78, 5) is 13.9. The zero-order chi connectivity index (χ0) is 13.7. The molecule has 0 saturated carbocycles. The van der Waals surface area contributed by atoms with Crippen LogP contribution in [-0.4, -0.2) is 45.8 Å². The quantitative estimate of drug-likeness (QED) is 0.837. The molecule has 1 N–H and O–H groups in total. The van der Waals surface area contributed by atoms with Crippen molar-refractivity contribution >= 4 is 16.7 Å². The molecule has 0 aliphatic carbocycles. The van der Waals surface area contributed by atoms with Gasteiger partial charge in [0.05, 0.1) is 12.7 Å². The van der Waals surface area contributed by atoms with Crippen molar-refractivity contribution in [3.8, 4) is 0 Å². The van der Waals surface area contributed by atoms with Gasteiger partial charge in [-0.15, -0.1) is 0 Å². The summed E-state index contributed by atoms with van der Waals surface area (Å²) in [6.45, 7) is 3.05. The molecule has 0 radical (unpaired) electrons. The zero-order valence-corrected chi connectivity index (χ0v) is 12.0. The SMILES string of the molecule is CCS(=O)CCN1CNC(Cc2ccccc2)C1=O. The van der Waals surface area contributed by atoms with Gasteiger partial charge in [-0.2, -0.15) is 0 Å². The van der Waals surface area contributed by atoms with Crippen LogP contribution in [0.2, 0.25) is 0 Å². The van der Waals surface area contributed by atoms with Crippen molar-refractivity contribution in [2.75, 3.05) is 24.7 Å². The van der Waals surface area contributed by atoms with Gasteiger partial charge in [0.15, 0.2) is 0 Å². The fraction of sp³-hybridized carbons (Fsp3) is 0.500. The molecule has 1 fully saturated rings. The number of rotatable bonds is 6. The highest BCUT2D eigenvalue weighted by Crippen LogP contribution is 2.10. The van der Waals surface area contributed by atoms with E-state index < -0.39 is 10.8 Å². The Balaban J connectivity index is 1.86. The van der Waals surface area contributed by atoms with E-state index >= 15 is 0 Å². The zero-order valence-electron chi connectivity index (χ0n) is 11.2. The molecule has 1 aliphatic rings. The predicted molar refractivity (Wildman–Crippen MR) is 77.2 cm³/mol. The Morgan fingerprint density at radius 1 is 1.37 bits per heavy atom. The summed E-state index contributed by atoms with van der Waals surface area (Å²) in [7, 11) is -0.809. The molecule has 19 heavy (non-hydrogen) atoms. The molecule has 5 heteroatoms. The lowest BCUT2D eigenvalue weighted by atomic mass is 10.1. The lowest BCUT2D eigenvalue weighted by Crippen LogP contribution is -2.34. The average molecular weight is 280 g/mol. The maximum atomic E-state index is 12.2. The minimum absolute atomic E-state index is 0.122. The van der Waals surface area contributed by atoms with Crippen LogP contribution in [0.25, 0.3) is 0 Å². The van der Waals surface area contributed by atoms with Gasteiger partial charge < -0.3 is 4.90 Å². The van der Waals surface area contributed by atoms with E-state index in [0.717, 1.165) is 5.56 Å². The van der Waals surface area contributed by atoms with Gasteiger partial charge in [-0.1, -0.05) is 37.3 Å². The Hall–Kier alpha value is -1.20. The van der Waals surface area contributed by atoms with Crippen LogP contribution in [0.4, 0.5) is 0 Å². The summed E-state index contributed by atoms with van der Waals surface area (Å²) in [6.07, 6.45) is 0.715. The summed E-state index contributed by atoms with van der Waals surface area (Å²) in [6, 6.07) is 9.86. The largest absolute Gasteiger partial charge is 0.328 e. The minimum atomic E-state index is -0.809. The van der Waals surface area contributed by atoms with E-state index in [-0.39, 0.29) is 11.9 Å². The maximum absolute atomic E-state index is 12.2. The van der Waals surface area contributed by atoms with E-state index in [0.29, 0.717) is 31.1 Å². The molecule has 1 aromatic rings. The number of carbonyl (C=O) groups is 1. The van der Waals surface area contributed by atoms with Crippen LogP contribution in [0.1, 0.15) is 12.5 Å². The Morgan fingerprint density at radius 2 is 2.11 bits per heavy atom. The van der Waals surface area contributed by atoms with Crippen molar-refractivity contribution in [3.05, 3.63) is 35.9 Å². The van der Waals surface area contributed by atoms with Gasteiger partial charge >= 0.3 is 0 Å². The molecule has 1 heterocycles. The first-order valence-electron chi connectivity index (χ1n) is 6.61.